The van der Waals surface area contributed by atoms with E-state index in [2.05, 4.69) is 4.90 Å². The molecule has 1 unspecified atom stereocenters. The van der Waals surface area contributed by atoms with E-state index in [1.165, 1.54) is 6.07 Å². The Hall–Kier alpha value is -0.720. The Labute approximate surface area is 130 Å². The van der Waals surface area contributed by atoms with Crippen LogP contribution in [0.3, 0.4) is 0 Å². The van der Waals surface area contributed by atoms with E-state index in [1.54, 1.807) is 12.1 Å². The molecule has 1 aromatic rings. The van der Waals surface area contributed by atoms with Gasteiger partial charge in [-0.1, -0.05) is 17.7 Å². The van der Waals surface area contributed by atoms with Crippen LogP contribution in [0.2, 0.25) is 5.02 Å². The summed E-state index contributed by atoms with van der Waals surface area (Å²) in [7, 11) is 1.91. The van der Waals surface area contributed by atoms with Gasteiger partial charge in [-0.2, -0.15) is 0 Å². The number of rotatable bonds is 6. The quantitative estimate of drug-likeness (QED) is 0.865. The molecule has 1 heterocycles. The number of hydrogen-bond acceptors (Lipinski definition) is 4. The topological polar surface area (TPSA) is 35.9 Å². The van der Waals surface area contributed by atoms with Crippen LogP contribution >= 0.6 is 11.6 Å². The van der Waals surface area contributed by atoms with Crippen molar-refractivity contribution in [3.63, 3.8) is 0 Å². The largest absolute Gasteiger partial charge is 0.390 e. The number of nitrogens with zero attached hydrogens (tertiary/aromatic N) is 2. The molecule has 0 aromatic heterocycles. The first-order valence-electron chi connectivity index (χ1n) is 7.15. The molecule has 6 heteroatoms. The van der Waals surface area contributed by atoms with Gasteiger partial charge in [0.05, 0.1) is 24.3 Å². The summed E-state index contributed by atoms with van der Waals surface area (Å²) in [4.78, 5) is 4.18. The molecule has 0 radical (unpaired) electrons. The van der Waals surface area contributed by atoms with Gasteiger partial charge >= 0.3 is 0 Å². The maximum atomic E-state index is 13.4. The van der Waals surface area contributed by atoms with Crippen molar-refractivity contribution < 1.29 is 14.2 Å². The molecular formula is C15H22ClFN2O2. The van der Waals surface area contributed by atoms with Gasteiger partial charge in [-0.3, -0.25) is 9.80 Å². The average molecular weight is 317 g/mol. The zero-order valence-electron chi connectivity index (χ0n) is 12.3. The summed E-state index contributed by atoms with van der Waals surface area (Å²) in [6.07, 6.45) is -0.426. The predicted octanol–water partition coefficient (Wildman–Crippen LogP) is 1.60. The van der Waals surface area contributed by atoms with Crippen LogP contribution in [0.4, 0.5) is 4.39 Å². The van der Waals surface area contributed by atoms with Crippen LogP contribution < -0.4 is 0 Å². The van der Waals surface area contributed by atoms with Crippen molar-refractivity contribution in [3.05, 3.63) is 34.6 Å². The number of likely N-dealkylation sites (N-methyl/N-ethyl adjacent to an activating group) is 1. The summed E-state index contributed by atoms with van der Waals surface area (Å²) >= 11 is 5.67. The van der Waals surface area contributed by atoms with Crippen LogP contribution in [-0.2, 0) is 11.3 Å². The van der Waals surface area contributed by atoms with E-state index in [0.717, 1.165) is 31.9 Å². The lowest BCUT2D eigenvalue weighted by Gasteiger charge is -2.30. The highest BCUT2D eigenvalue weighted by Gasteiger charge is 2.16. The molecule has 1 aliphatic rings. The van der Waals surface area contributed by atoms with Crippen molar-refractivity contribution in [2.24, 2.45) is 0 Å². The summed E-state index contributed by atoms with van der Waals surface area (Å²) in [6, 6.07) is 4.80. The van der Waals surface area contributed by atoms with Gasteiger partial charge in [0.2, 0.25) is 0 Å². The molecule has 4 nitrogen and oxygen atoms in total. The fourth-order valence-electron chi connectivity index (χ4n) is 2.51. The molecule has 0 bridgehead atoms. The molecular weight excluding hydrogens is 295 g/mol. The number of β-amino-alcohol motifs (C(OH)–C–C–N with tert-alkyl or cyclic N) is 1. The zero-order chi connectivity index (χ0) is 15.2. The van der Waals surface area contributed by atoms with Crippen LogP contribution in [-0.4, -0.2) is 67.5 Å². The Morgan fingerprint density at radius 3 is 2.81 bits per heavy atom. The van der Waals surface area contributed by atoms with Crippen LogP contribution in [0.1, 0.15) is 5.56 Å². The minimum absolute atomic E-state index is 0.133. The Morgan fingerprint density at radius 2 is 2.14 bits per heavy atom. The van der Waals surface area contributed by atoms with E-state index in [-0.39, 0.29) is 5.02 Å². The summed E-state index contributed by atoms with van der Waals surface area (Å²) in [5.74, 6) is -0.406. The van der Waals surface area contributed by atoms with Gasteiger partial charge in [-0.05, 0) is 24.7 Å². The summed E-state index contributed by atoms with van der Waals surface area (Å²) in [5, 5.41) is 10.3. The maximum Gasteiger partial charge on any atom is 0.142 e. The molecule has 1 N–H and O–H groups in total. The number of aliphatic hydroxyl groups excluding tert-OH is 1. The molecule has 0 saturated carbocycles. The highest BCUT2D eigenvalue weighted by molar-refractivity contribution is 6.30. The predicted molar refractivity (Wildman–Crippen MR) is 81.0 cm³/mol. The molecule has 0 spiro atoms. The number of benzene rings is 1. The highest BCUT2D eigenvalue weighted by Crippen LogP contribution is 2.16. The standard InChI is InChI=1S/C15H22ClFN2O2/c1-18(9-12-2-3-14(16)15(17)8-12)10-13(20)11-19-4-6-21-7-5-19/h2-3,8,13,20H,4-7,9-11H2,1H3. The van der Waals surface area contributed by atoms with Gasteiger partial charge < -0.3 is 9.84 Å². The van der Waals surface area contributed by atoms with Crippen molar-refractivity contribution in [3.8, 4) is 0 Å². The molecule has 1 saturated heterocycles. The minimum Gasteiger partial charge on any atom is -0.390 e. The number of ether oxygens (including phenoxy) is 1. The molecule has 0 amide bonds. The lowest BCUT2D eigenvalue weighted by molar-refractivity contribution is 0.00825. The van der Waals surface area contributed by atoms with Crippen LogP contribution in [0.5, 0.6) is 0 Å². The molecule has 1 aliphatic heterocycles. The number of morpholine rings is 1. The van der Waals surface area contributed by atoms with Crippen molar-refractivity contribution in [1.82, 2.24) is 9.80 Å². The van der Waals surface area contributed by atoms with E-state index in [9.17, 15) is 9.50 Å². The van der Waals surface area contributed by atoms with Crippen LogP contribution in [0, 0.1) is 5.82 Å². The maximum absolute atomic E-state index is 13.4. The number of halogens is 2. The molecule has 2 rings (SSSR count). The van der Waals surface area contributed by atoms with E-state index in [1.807, 2.05) is 11.9 Å². The second kappa shape index (κ2) is 8.06. The lowest BCUT2D eigenvalue weighted by Crippen LogP contribution is -2.43. The first-order chi connectivity index (χ1) is 10.0. The third-order valence-electron chi connectivity index (χ3n) is 3.53. The Morgan fingerprint density at radius 1 is 1.43 bits per heavy atom. The Balaban J connectivity index is 1.77. The monoisotopic (exact) mass is 316 g/mol. The molecule has 21 heavy (non-hydrogen) atoms. The van der Waals surface area contributed by atoms with Crippen LogP contribution in [0.15, 0.2) is 18.2 Å². The minimum atomic E-state index is -0.426. The molecule has 1 aromatic carbocycles. The Kier molecular flexibility index (Phi) is 6.39. The first-order valence-corrected chi connectivity index (χ1v) is 7.53. The third-order valence-corrected chi connectivity index (χ3v) is 3.84. The number of aliphatic hydroxyl groups is 1. The van der Waals surface area contributed by atoms with Crippen molar-refractivity contribution in [1.29, 1.82) is 0 Å². The van der Waals surface area contributed by atoms with Gasteiger partial charge in [0.25, 0.3) is 0 Å². The molecule has 1 fully saturated rings. The van der Waals surface area contributed by atoms with Crippen molar-refractivity contribution in [2.45, 2.75) is 12.6 Å². The highest BCUT2D eigenvalue weighted by atomic mass is 35.5. The molecule has 1 atom stereocenters. The Bertz CT molecular complexity index is 455. The van der Waals surface area contributed by atoms with Crippen molar-refractivity contribution >= 4 is 11.6 Å². The van der Waals surface area contributed by atoms with Gasteiger partial charge in [0, 0.05) is 32.7 Å². The summed E-state index contributed by atoms with van der Waals surface area (Å²) in [6.45, 7) is 4.95. The van der Waals surface area contributed by atoms with Crippen LogP contribution in [0.25, 0.3) is 0 Å². The molecule has 118 valence electrons. The van der Waals surface area contributed by atoms with E-state index in [0.29, 0.717) is 19.6 Å². The van der Waals surface area contributed by atoms with Gasteiger partial charge in [0.15, 0.2) is 0 Å². The third kappa shape index (κ3) is 5.52. The summed E-state index contributed by atoms with van der Waals surface area (Å²) in [5.41, 5.74) is 0.845. The van der Waals surface area contributed by atoms with Crippen molar-refractivity contribution in [2.75, 3.05) is 46.4 Å². The van der Waals surface area contributed by atoms with Gasteiger partial charge in [0.1, 0.15) is 5.82 Å². The van der Waals surface area contributed by atoms with E-state index in [4.69, 9.17) is 16.3 Å². The zero-order valence-corrected chi connectivity index (χ0v) is 13.0. The van der Waals surface area contributed by atoms with Gasteiger partial charge in [-0.25, -0.2) is 4.39 Å². The second-order valence-corrected chi connectivity index (χ2v) is 5.92. The molecule has 0 aliphatic carbocycles. The van der Waals surface area contributed by atoms with Gasteiger partial charge in [-0.15, -0.1) is 0 Å². The normalized spacial score (nSPS) is 18.1. The smallest absolute Gasteiger partial charge is 0.142 e. The summed E-state index contributed by atoms with van der Waals surface area (Å²) < 4.78 is 18.7. The fraction of sp³-hybridized carbons (Fsp3) is 0.600. The SMILES string of the molecule is CN(Cc1ccc(Cl)c(F)c1)CC(O)CN1CCOCC1. The number of hydrogen-bond donors (Lipinski definition) is 1. The van der Waals surface area contributed by atoms with E-state index >= 15 is 0 Å². The average Bonchev–Trinajstić information content (AvgIpc) is 2.43. The lowest BCUT2D eigenvalue weighted by atomic mass is 10.2. The van der Waals surface area contributed by atoms with E-state index < -0.39 is 11.9 Å². The first kappa shape index (κ1) is 16.6. The fourth-order valence-corrected chi connectivity index (χ4v) is 2.63. The second-order valence-electron chi connectivity index (χ2n) is 5.51.